The first kappa shape index (κ1) is 24.2. The molecule has 0 unspecified atom stereocenters. The molecule has 36 heavy (non-hydrogen) atoms. The summed E-state index contributed by atoms with van der Waals surface area (Å²) in [5, 5.41) is 11.4. The number of aryl methyl sites for hydroxylation is 1. The molecule has 2 N–H and O–H groups in total. The van der Waals surface area contributed by atoms with Crippen LogP contribution in [0.4, 0.5) is 10.5 Å². The number of amides is 4. The second kappa shape index (κ2) is 10.1. The van der Waals surface area contributed by atoms with Gasteiger partial charge in [-0.25, -0.2) is 14.5 Å². The minimum absolute atomic E-state index is 0.00574. The molecule has 0 atom stereocenters. The Labute approximate surface area is 206 Å². The largest absolute Gasteiger partial charge is 0.493 e. The van der Waals surface area contributed by atoms with Gasteiger partial charge in [-0.2, -0.15) is 0 Å². The summed E-state index contributed by atoms with van der Waals surface area (Å²) in [4.78, 5) is 50.5. The second-order valence-corrected chi connectivity index (χ2v) is 7.97. The summed E-state index contributed by atoms with van der Waals surface area (Å²) in [5.41, 5.74) is 2.08. The maximum absolute atomic E-state index is 13.2. The Balaban J connectivity index is 1.69. The number of hydrogen-bond donors (Lipinski definition) is 2. The van der Waals surface area contributed by atoms with E-state index in [1.54, 1.807) is 54.6 Å². The molecule has 0 spiro atoms. The predicted octanol–water partition coefficient (Wildman–Crippen LogP) is 3.95. The Morgan fingerprint density at radius 2 is 1.75 bits per heavy atom. The van der Waals surface area contributed by atoms with Gasteiger partial charge in [-0.1, -0.05) is 42.0 Å². The molecule has 0 saturated carbocycles. The van der Waals surface area contributed by atoms with E-state index >= 15 is 0 Å². The lowest BCUT2D eigenvalue weighted by atomic mass is 10.1. The van der Waals surface area contributed by atoms with Crippen LogP contribution >= 0.6 is 0 Å². The Morgan fingerprint density at radius 3 is 2.44 bits per heavy atom. The summed E-state index contributed by atoms with van der Waals surface area (Å²) >= 11 is 0. The van der Waals surface area contributed by atoms with E-state index in [1.165, 1.54) is 25.3 Å². The van der Waals surface area contributed by atoms with Crippen LogP contribution in [0.3, 0.4) is 0 Å². The maximum atomic E-state index is 13.2. The number of ether oxygens (including phenoxy) is 2. The van der Waals surface area contributed by atoms with Crippen LogP contribution in [0.1, 0.15) is 27.0 Å². The molecule has 0 radical (unpaired) electrons. The summed E-state index contributed by atoms with van der Waals surface area (Å²) < 4.78 is 11.4. The summed E-state index contributed by atoms with van der Waals surface area (Å²) in [6.07, 6.45) is 1.33. The number of carbonyl (C=O) groups is 4. The Bertz CT molecular complexity index is 1390. The molecule has 3 aromatic rings. The number of urea groups is 1. The summed E-state index contributed by atoms with van der Waals surface area (Å²) in [6.45, 7) is 1.88. The normalized spacial score (nSPS) is 14.6. The van der Waals surface area contributed by atoms with Crippen molar-refractivity contribution in [2.75, 3.05) is 12.0 Å². The van der Waals surface area contributed by atoms with Crippen LogP contribution < -0.4 is 19.7 Å². The number of hydrogen-bond acceptors (Lipinski definition) is 6. The van der Waals surface area contributed by atoms with Crippen molar-refractivity contribution in [2.24, 2.45) is 0 Å². The second-order valence-electron chi connectivity index (χ2n) is 7.97. The number of para-hydroxylation sites is 1. The fourth-order valence-electron chi connectivity index (χ4n) is 3.65. The predicted molar refractivity (Wildman–Crippen MR) is 131 cm³/mol. The smallest absolute Gasteiger partial charge is 0.335 e. The average molecular weight is 486 g/mol. The van der Waals surface area contributed by atoms with Gasteiger partial charge in [0.2, 0.25) is 0 Å². The van der Waals surface area contributed by atoms with E-state index in [9.17, 15) is 24.3 Å². The summed E-state index contributed by atoms with van der Waals surface area (Å²) in [7, 11) is 1.44. The van der Waals surface area contributed by atoms with Crippen molar-refractivity contribution in [3.8, 4) is 11.5 Å². The number of carboxylic acid groups (broad SMARTS) is 1. The standard InChI is InChI=1S/C27H22N2O7/c1-16-9-11-20(12-10-16)29-25(31)21(24(30)28-27(29)34)14-18-6-4-8-22(35-2)23(18)36-15-17-5-3-7-19(13-17)26(32)33/h3-14H,15H2,1-2H3,(H,32,33)(H,28,30,34)/b21-14+. The first-order valence-corrected chi connectivity index (χ1v) is 10.9. The van der Waals surface area contributed by atoms with Crippen molar-refractivity contribution in [3.63, 3.8) is 0 Å². The van der Waals surface area contributed by atoms with Crippen molar-refractivity contribution >= 4 is 35.6 Å². The molecule has 9 nitrogen and oxygen atoms in total. The Kier molecular flexibility index (Phi) is 6.82. The van der Waals surface area contributed by atoms with E-state index in [0.717, 1.165) is 10.5 Å². The van der Waals surface area contributed by atoms with Crippen molar-refractivity contribution in [2.45, 2.75) is 13.5 Å². The van der Waals surface area contributed by atoms with E-state index in [-0.39, 0.29) is 23.5 Å². The van der Waals surface area contributed by atoms with Crippen molar-refractivity contribution in [1.82, 2.24) is 5.32 Å². The molecular formula is C27H22N2O7. The highest BCUT2D eigenvalue weighted by Gasteiger charge is 2.37. The number of methoxy groups -OCH3 is 1. The zero-order valence-electron chi connectivity index (χ0n) is 19.5. The molecule has 1 aliphatic heterocycles. The van der Waals surface area contributed by atoms with Crippen LogP contribution in [0.2, 0.25) is 0 Å². The first-order valence-electron chi connectivity index (χ1n) is 10.9. The third-order valence-electron chi connectivity index (χ3n) is 5.48. The number of barbiturate groups is 1. The van der Waals surface area contributed by atoms with Gasteiger partial charge >= 0.3 is 12.0 Å². The van der Waals surface area contributed by atoms with Crippen LogP contribution in [-0.4, -0.2) is 36.0 Å². The molecule has 0 bridgehead atoms. The van der Waals surface area contributed by atoms with Gasteiger partial charge in [0.05, 0.1) is 18.4 Å². The van der Waals surface area contributed by atoms with E-state index in [0.29, 0.717) is 22.6 Å². The minimum atomic E-state index is -1.06. The zero-order chi connectivity index (χ0) is 25.8. The lowest BCUT2D eigenvalue weighted by Gasteiger charge is -2.26. The fourth-order valence-corrected chi connectivity index (χ4v) is 3.65. The lowest BCUT2D eigenvalue weighted by molar-refractivity contribution is -0.122. The molecule has 0 aliphatic carbocycles. The number of nitrogens with one attached hydrogen (secondary N) is 1. The molecule has 182 valence electrons. The molecule has 4 amide bonds. The molecule has 1 fully saturated rings. The number of anilines is 1. The van der Waals surface area contributed by atoms with Gasteiger partial charge in [0.25, 0.3) is 11.8 Å². The molecule has 1 aliphatic rings. The monoisotopic (exact) mass is 486 g/mol. The van der Waals surface area contributed by atoms with Crippen LogP contribution in [0.25, 0.3) is 6.08 Å². The molecule has 1 saturated heterocycles. The Hall–Kier alpha value is -4.92. The van der Waals surface area contributed by atoms with Gasteiger partial charge < -0.3 is 14.6 Å². The lowest BCUT2D eigenvalue weighted by Crippen LogP contribution is -2.54. The number of rotatable bonds is 7. The SMILES string of the molecule is COc1cccc(/C=C2\C(=O)NC(=O)N(c3ccc(C)cc3)C2=O)c1OCc1cccc(C(=O)O)c1. The van der Waals surface area contributed by atoms with Gasteiger partial charge in [-0.15, -0.1) is 0 Å². The van der Waals surface area contributed by atoms with Gasteiger partial charge in [-0.3, -0.25) is 14.9 Å². The van der Waals surface area contributed by atoms with E-state index in [1.807, 2.05) is 6.92 Å². The highest BCUT2D eigenvalue weighted by atomic mass is 16.5. The van der Waals surface area contributed by atoms with E-state index in [2.05, 4.69) is 5.32 Å². The number of nitrogens with zero attached hydrogens (tertiary/aromatic N) is 1. The van der Waals surface area contributed by atoms with Crippen LogP contribution in [-0.2, 0) is 16.2 Å². The maximum Gasteiger partial charge on any atom is 0.335 e. The third-order valence-corrected chi connectivity index (χ3v) is 5.48. The number of imide groups is 2. The molecule has 0 aromatic heterocycles. The molecule has 9 heteroatoms. The Morgan fingerprint density at radius 1 is 1.03 bits per heavy atom. The summed E-state index contributed by atoms with van der Waals surface area (Å²) in [5.74, 6) is -2.10. The van der Waals surface area contributed by atoms with Crippen LogP contribution in [0.5, 0.6) is 11.5 Å². The van der Waals surface area contributed by atoms with Gasteiger partial charge in [-0.05, 0) is 48.9 Å². The van der Waals surface area contributed by atoms with E-state index < -0.39 is 23.8 Å². The topological polar surface area (TPSA) is 122 Å². The number of aromatic carboxylic acids is 1. The average Bonchev–Trinajstić information content (AvgIpc) is 2.86. The molecule has 3 aromatic carbocycles. The van der Waals surface area contributed by atoms with Gasteiger partial charge in [0.1, 0.15) is 12.2 Å². The van der Waals surface area contributed by atoms with E-state index in [4.69, 9.17) is 9.47 Å². The number of carbonyl (C=O) groups excluding carboxylic acids is 3. The highest BCUT2D eigenvalue weighted by Crippen LogP contribution is 2.34. The van der Waals surface area contributed by atoms with Gasteiger partial charge in [0, 0.05) is 5.56 Å². The third kappa shape index (κ3) is 4.95. The van der Waals surface area contributed by atoms with Gasteiger partial charge in [0.15, 0.2) is 11.5 Å². The molecule has 1 heterocycles. The number of benzene rings is 3. The highest BCUT2D eigenvalue weighted by molar-refractivity contribution is 6.39. The molecular weight excluding hydrogens is 464 g/mol. The van der Waals surface area contributed by atoms with Crippen molar-refractivity contribution < 1.29 is 33.8 Å². The quantitative estimate of drug-likeness (QED) is 0.383. The number of carboxylic acids is 1. The first-order chi connectivity index (χ1) is 17.3. The summed E-state index contributed by atoms with van der Waals surface area (Å²) in [6, 6.07) is 17.1. The van der Waals surface area contributed by atoms with Crippen molar-refractivity contribution in [3.05, 3.63) is 94.6 Å². The van der Waals surface area contributed by atoms with Crippen molar-refractivity contribution in [1.29, 1.82) is 0 Å². The molecule has 4 rings (SSSR count). The van der Waals surface area contributed by atoms with Crippen LogP contribution in [0, 0.1) is 6.92 Å². The minimum Gasteiger partial charge on any atom is -0.493 e. The van der Waals surface area contributed by atoms with Crippen LogP contribution in [0.15, 0.2) is 72.3 Å². The zero-order valence-corrected chi connectivity index (χ0v) is 19.5. The fraction of sp³-hybridized carbons (Fsp3) is 0.111.